The third kappa shape index (κ3) is 12.4. The van der Waals surface area contributed by atoms with Gasteiger partial charge in [0.15, 0.2) is 11.5 Å². The number of ether oxygens (including phenoxy) is 1. The van der Waals surface area contributed by atoms with E-state index in [-0.39, 0.29) is 11.5 Å². The molecule has 0 fully saturated rings. The van der Waals surface area contributed by atoms with Gasteiger partial charge >= 0.3 is 0 Å². The standard InChI is InChI=1S/C24H40O3/c1-2-3-4-5-6-7-8-9-10-11-12-13-14-15-16-17-21-27-23-20-18-19-22(25)24(23)26/h9-10,18-20,25-26H,2-8,11-17,21H2,1H3. The average Bonchev–Trinajstić information content (AvgIpc) is 2.67. The number of aromatic hydroxyl groups is 2. The predicted octanol–water partition coefficient (Wildman–Crippen LogP) is 7.51. The molecule has 0 unspecified atom stereocenters. The molecule has 0 radical (unpaired) electrons. The molecule has 0 aliphatic carbocycles. The van der Waals surface area contributed by atoms with Gasteiger partial charge in [0.1, 0.15) is 0 Å². The molecule has 0 heterocycles. The Morgan fingerprint density at radius 1 is 0.741 bits per heavy atom. The number of unbranched alkanes of at least 4 members (excludes halogenated alkanes) is 12. The van der Waals surface area contributed by atoms with Crippen molar-refractivity contribution < 1.29 is 14.9 Å². The van der Waals surface area contributed by atoms with E-state index in [1.807, 2.05) is 0 Å². The first kappa shape index (κ1) is 23.4. The van der Waals surface area contributed by atoms with Crippen LogP contribution < -0.4 is 4.74 Å². The van der Waals surface area contributed by atoms with Gasteiger partial charge < -0.3 is 14.9 Å². The minimum atomic E-state index is -0.165. The Kier molecular flexibility index (Phi) is 14.3. The lowest BCUT2D eigenvalue weighted by atomic mass is 10.1. The van der Waals surface area contributed by atoms with Crippen LogP contribution in [0.4, 0.5) is 0 Å². The quantitative estimate of drug-likeness (QED) is 0.168. The maximum Gasteiger partial charge on any atom is 0.200 e. The maximum atomic E-state index is 9.65. The van der Waals surface area contributed by atoms with E-state index in [0.717, 1.165) is 12.8 Å². The van der Waals surface area contributed by atoms with Gasteiger partial charge in [-0.05, 0) is 44.2 Å². The van der Waals surface area contributed by atoms with Crippen molar-refractivity contribution in [3.05, 3.63) is 30.4 Å². The van der Waals surface area contributed by atoms with Gasteiger partial charge in [-0.2, -0.15) is 0 Å². The number of para-hydroxylation sites is 1. The Labute approximate surface area is 166 Å². The number of phenols is 2. The molecule has 0 aromatic heterocycles. The molecule has 0 bridgehead atoms. The van der Waals surface area contributed by atoms with Gasteiger partial charge in [0.2, 0.25) is 5.75 Å². The first-order chi connectivity index (χ1) is 13.3. The van der Waals surface area contributed by atoms with Gasteiger partial charge in [0, 0.05) is 0 Å². The Balaban J connectivity index is 1.84. The highest BCUT2D eigenvalue weighted by Crippen LogP contribution is 2.34. The van der Waals surface area contributed by atoms with E-state index in [2.05, 4.69) is 19.1 Å². The van der Waals surface area contributed by atoms with Crippen LogP contribution in [0, 0.1) is 0 Å². The van der Waals surface area contributed by atoms with E-state index in [1.165, 1.54) is 83.1 Å². The van der Waals surface area contributed by atoms with Gasteiger partial charge in [-0.3, -0.25) is 0 Å². The fourth-order valence-electron chi connectivity index (χ4n) is 3.16. The van der Waals surface area contributed by atoms with E-state index in [4.69, 9.17) is 4.74 Å². The molecule has 1 aromatic rings. The van der Waals surface area contributed by atoms with E-state index >= 15 is 0 Å². The minimum Gasteiger partial charge on any atom is -0.504 e. The van der Waals surface area contributed by atoms with Gasteiger partial charge in [0.05, 0.1) is 6.61 Å². The van der Waals surface area contributed by atoms with Crippen LogP contribution in [0.3, 0.4) is 0 Å². The summed E-state index contributed by atoms with van der Waals surface area (Å²) in [6, 6.07) is 4.80. The van der Waals surface area contributed by atoms with Crippen molar-refractivity contribution in [3.8, 4) is 17.2 Å². The smallest absolute Gasteiger partial charge is 0.200 e. The molecule has 1 aromatic carbocycles. The molecule has 0 aliphatic rings. The van der Waals surface area contributed by atoms with E-state index in [1.54, 1.807) is 12.1 Å². The second kappa shape index (κ2) is 16.5. The van der Waals surface area contributed by atoms with E-state index in [0.29, 0.717) is 12.4 Å². The summed E-state index contributed by atoms with van der Waals surface area (Å²) >= 11 is 0. The van der Waals surface area contributed by atoms with E-state index in [9.17, 15) is 10.2 Å². The van der Waals surface area contributed by atoms with Crippen molar-refractivity contribution in [1.82, 2.24) is 0 Å². The van der Waals surface area contributed by atoms with Crippen LogP contribution in [-0.4, -0.2) is 16.8 Å². The van der Waals surface area contributed by atoms with Crippen LogP contribution in [0.2, 0.25) is 0 Å². The van der Waals surface area contributed by atoms with Crippen LogP contribution in [0.5, 0.6) is 17.2 Å². The molecule has 3 heteroatoms. The second-order valence-corrected chi connectivity index (χ2v) is 7.41. The normalized spacial score (nSPS) is 11.3. The third-order valence-electron chi connectivity index (χ3n) is 4.89. The first-order valence-electron chi connectivity index (χ1n) is 11.0. The third-order valence-corrected chi connectivity index (χ3v) is 4.89. The second-order valence-electron chi connectivity index (χ2n) is 7.41. The van der Waals surface area contributed by atoms with Crippen LogP contribution in [0.15, 0.2) is 30.4 Å². The SMILES string of the molecule is CCCCCCCCC=CCCCCCCCCOc1cccc(O)c1O. The van der Waals surface area contributed by atoms with Crippen molar-refractivity contribution in [1.29, 1.82) is 0 Å². The van der Waals surface area contributed by atoms with Crippen LogP contribution in [0.25, 0.3) is 0 Å². The lowest BCUT2D eigenvalue weighted by Crippen LogP contribution is -1.97. The van der Waals surface area contributed by atoms with Crippen molar-refractivity contribution >= 4 is 0 Å². The monoisotopic (exact) mass is 376 g/mol. The number of allylic oxidation sites excluding steroid dienone is 2. The molecule has 0 amide bonds. The van der Waals surface area contributed by atoms with Gasteiger partial charge in [-0.15, -0.1) is 0 Å². The summed E-state index contributed by atoms with van der Waals surface area (Å²) in [7, 11) is 0. The molecule has 0 saturated heterocycles. The van der Waals surface area contributed by atoms with Crippen LogP contribution in [-0.2, 0) is 0 Å². The van der Waals surface area contributed by atoms with Crippen molar-refractivity contribution in [2.75, 3.05) is 6.61 Å². The zero-order chi connectivity index (χ0) is 19.6. The molecule has 0 saturated carbocycles. The average molecular weight is 377 g/mol. The molecular weight excluding hydrogens is 336 g/mol. The number of rotatable bonds is 17. The first-order valence-corrected chi connectivity index (χ1v) is 11.0. The zero-order valence-corrected chi connectivity index (χ0v) is 17.3. The lowest BCUT2D eigenvalue weighted by Gasteiger charge is -2.08. The largest absolute Gasteiger partial charge is 0.504 e. The van der Waals surface area contributed by atoms with Gasteiger partial charge in [-0.25, -0.2) is 0 Å². The molecule has 0 spiro atoms. The summed E-state index contributed by atoms with van der Waals surface area (Å²) in [5.74, 6) is 0.0679. The highest BCUT2D eigenvalue weighted by atomic mass is 16.5. The van der Waals surface area contributed by atoms with Crippen molar-refractivity contribution in [2.45, 2.75) is 96.8 Å². The molecule has 27 heavy (non-hydrogen) atoms. The predicted molar refractivity (Wildman–Crippen MR) is 115 cm³/mol. The Morgan fingerprint density at radius 3 is 1.93 bits per heavy atom. The Bertz CT molecular complexity index is 496. The van der Waals surface area contributed by atoms with Crippen LogP contribution >= 0.6 is 0 Å². The molecule has 154 valence electrons. The van der Waals surface area contributed by atoms with Crippen molar-refractivity contribution in [2.24, 2.45) is 0 Å². The number of hydrogen-bond donors (Lipinski definition) is 2. The summed E-state index contributed by atoms with van der Waals surface area (Å²) < 4.78 is 5.52. The fraction of sp³-hybridized carbons (Fsp3) is 0.667. The van der Waals surface area contributed by atoms with Gasteiger partial charge in [0.25, 0.3) is 0 Å². The molecule has 0 atom stereocenters. The van der Waals surface area contributed by atoms with E-state index < -0.39 is 0 Å². The fourth-order valence-corrected chi connectivity index (χ4v) is 3.16. The van der Waals surface area contributed by atoms with Crippen molar-refractivity contribution in [3.63, 3.8) is 0 Å². The Hall–Kier alpha value is -1.64. The molecule has 2 N–H and O–H groups in total. The molecule has 3 nitrogen and oxygen atoms in total. The Morgan fingerprint density at radius 2 is 1.30 bits per heavy atom. The van der Waals surface area contributed by atoms with Crippen LogP contribution in [0.1, 0.15) is 96.8 Å². The highest BCUT2D eigenvalue weighted by molar-refractivity contribution is 5.48. The summed E-state index contributed by atoms with van der Waals surface area (Å²) in [5, 5.41) is 19.1. The maximum absolute atomic E-state index is 9.65. The topological polar surface area (TPSA) is 49.7 Å². The number of hydrogen-bond acceptors (Lipinski definition) is 3. The minimum absolute atomic E-state index is 0.131. The molecule has 1 rings (SSSR count). The number of phenolic OH excluding ortho intramolecular Hbond substituents is 2. The lowest BCUT2D eigenvalue weighted by molar-refractivity contribution is 0.283. The summed E-state index contributed by atoms with van der Waals surface area (Å²) in [5.41, 5.74) is 0. The highest BCUT2D eigenvalue weighted by Gasteiger charge is 2.06. The summed E-state index contributed by atoms with van der Waals surface area (Å²) in [4.78, 5) is 0. The number of benzene rings is 1. The zero-order valence-electron chi connectivity index (χ0n) is 17.3. The molecular formula is C24H40O3. The molecule has 0 aliphatic heterocycles. The summed E-state index contributed by atoms with van der Waals surface area (Å²) in [6.07, 6.45) is 22.7. The van der Waals surface area contributed by atoms with Gasteiger partial charge in [-0.1, -0.05) is 82.9 Å². The summed E-state index contributed by atoms with van der Waals surface area (Å²) in [6.45, 7) is 2.85.